The van der Waals surface area contributed by atoms with E-state index in [1.807, 2.05) is 84.9 Å². The second kappa shape index (κ2) is 10.9. The van der Waals surface area contributed by atoms with Gasteiger partial charge in [0.25, 0.3) is 0 Å². The molecular formula is C38H24N4. The molecule has 42 heavy (non-hydrogen) atoms. The highest BCUT2D eigenvalue weighted by Crippen LogP contribution is 2.36. The summed E-state index contributed by atoms with van der Waals surface area (Å²) >= 11 is 0. The highest BCUT2D eigenvalue weighted by Gasteiger charge is 2.17. The Labute approximate surface area is 244 Å². The van der Waals surface area contributed by atoms with E-state index in [9.17, 15) is 0 Å². The molecule has 0 saturated heterocycles. The van der Waals surface area contributed by atoms with Crippen LogP contribution in [0.25, 0.3) is 67.2 Å². The lowest BCUT2D eigenvalue weighted by atomic mass is 9.93. The van der Waals surface area contributed by atoms with Crippen LogP contribution in [0.15, 0.2) is 146 Å². The maximum atomic E-state index is 9.16. The van der Waals surface area contributed by atoms with Gasteiger partial charge < -0.3 is 0 Å². The van der Waals surface area contributed by atoms with Gasteiger partial charge in [0, 0.05) is 16.7 Å². The number of benzene rings is 6. The molecular weight excluding hydrogens is 512 g/mol. The van der Waals surface area contributed by atoms with Crippen molar-refractivity contribution < 1.29 is 0 Å². The van der Waals surface area contributed by atoms with E-state index in [-0.39, 0.29) is 0 Å². The third-order valence-electron chi connectivity index (χ3n) is 7.37. The molecule has 0 fully saturated rings. The topological polar surface area (TPSA) is 62.5 Å². The summed E-state index contributed by atoms with van der Waals surface area (Å²) in [6, 6.07) is 51.2. The molecule has 0 saturated carbocycles. The molecule has 0 unspecified atom stereocenters. The third kappa shape index (κ3) is 4.92. The van der Waals surface area contributed by atoms with Gasteiger partial charge in [-0.3, -0.25) is 0 Å². The van der Waals surface area contributed by atoms with Crippen LogP contribution in [0.4, 0.5) is 0 Å². The van der Waals surface area contributed by atoms with Gasteiger partial charge in [-0.2, -0.15) is 5.26 Å². The Morgan fingerprint density at radius 2 is 0.810 bits per heavy atom. The molecule has 0 aliphatic heterocycles. The van der Waals surface area contributed by atoms with Crippen LogP contribution in [0.1, 0.15) is 5.56 Å². The van der Waals surface area contributed by atoms with Gasteiger partial charge in [-0.1, -0.05) is 121 Å². The zero-order valence-corrected chi connectivity index (χ0v) is 22.6. The number of fused-ring (bicyclic) bond motifs is 1. The van der Waals surface area contributed by atoms with Gasteiger partial charge >= 0.3 is 0 Å². The van der Waals surface area contributed by atoms with Crippen molar-refractivity contribution in [2.45, 2.75) is 0 Å². The van der Waals surface area contributed by atoms with Crippen LogP contribution >= 0.6 is 0 Å². The Morgan fingerprint density at radius 3 is 1.33 bits per heavy atom. The zero-order chi connectivity index (χ0) is 28.3. The molecule has 0 amide bonds. The van der Waals surface area contributed by atoms with Gasteiger partial charge in [0.2, 0.25) is 0 Å². The number of aromatic nitrogens is 3. The Balaban J connectivity index is 1.41. The van der Waals surface area contributed by atoms with Crippen molar-refractivity contribution in [3.63, 3.8) is 0 Å². The minimum absolute atomic E-state index is 0.625. The third-order valence-corrected chi connectivity index (χ3v) is 7.37. The van der Waals surface area contributed by atoms with E-state index in [0.29, 0.717) is 23.0 Å². The maximum absolute atomic E-state index is 9.16. The van der Waals surface area contributed by atoms with Crippen LogP contribution < -0.4 is 0 Å². The molecule has 0 aliphatic rings. The largest absolute Gasteiger partial charge is 0.208 e. The number of nitrogens with zero attached hydrogens (tertiary/aromatic N) is 4. The molecule has 6 aromatic carbocycles. The fourth-order valence-corrected chi connectivity index (χ4v) is 5.17. The second-order valence-corrected chi connectivity index (χ2v) is 10.0. The minimum atomic E-state index is 0.625. The highest BCUT2D eigenvalue weighted by atomic mass is 15.0. The lowest BCUT2D eigenvalue weighted by Gasteiger charge is -2.14. The molecule has 0 radical (unpaired) electrons. The van der Waals surface area contributed by atoms with Gasteiger partial charge in [0.15, 0.2) is 17.5 Å². The molecule has 1 aromatic heterocycles. The van der Waals surface area contributed by atoms with Crippen molar-refractivity contribution in [1.82, 2.24) is 15.0 Å². The Morgan fingerprint density at radius 1 is 0.381 bits per heavy atom. The van der Waals surface area contributed by atoms with Gasteiger partial charge in [-0.25, -0.2) is 15.0 Å². The van der Waals surface area contributed by atoms with Crippen LogP contribution in [0.2, 0.25) is 0 Å². The summed E-state index contributed by atoms with van der Waals surface area (Å²) in [7, 11) is 0. The average Bonchev–Trinajstić information content (AvgIpc) is 3.08. The van der Waals surface area contributed by atoms with E-state index in [2.05, 4.69) is 66.7 Å². The number of nitriles is 1. The molecule has 196 valence electrons. The summed E-state index contributed by atoms with van der Waals surface area (Å²) in [5.74, 6) is 1.89. The van der Waals surface area contributed by atoms with Gasteiger partial charge in [0.1, 0.15) is 0 Å². The SMILES string of the molecule is N#Cc1ccc(-c2ccc(-c3cc4ccccc4cc3-c3nc(-c4ccccc4)nc(-c4ccccc4)n3)cc2)cc1. The number of hydrogen-bond acceptors (Lipinski definition) is 4. The molecule has 0 N–H and O–H groups in total. The van der Waals surface area contributed by atoms with Crippen molar-refractivity contribution in [2.24, 2.45) is 0 Å². The summed E-state index contributed by atoms with van der Waals surface area (Å²) in [6.45, 7) is 0. The van der Waals surface area contributed by atoms with Gasteiger partial charge in [-0.05, 0) is 57.3 Å². The van der Waals surface area contributed by atoms with E-state index in [4.69, 9.17) is 20.2 Å². The van der Waals surface area contributed by atoms with Crippen molar-refractivity contribution >= 4 is 10.8 Å². The number of rotatable bonds is 5. The van der Waals surface area contributed by atoms with E-state index in [1.54, 1.807) is 0 Å². The second-order valence-electron chi connectivity index (χ2n) is 10.0. The minimum Gasteiger partial charge on any atom is -0.208 e. The molecule has 4 heteroatoms. The monoisotopic (exact) mass is 536 g/mol. The summed E-state index contributed by atoms with van der Waals surface area (Å²) in [5.41, 5.74) is 7.73. The fourth-order valence-electron chi connectivity index (χ4n) is 5.17. The quantitative estimate of drug-likeness (QED) is 0.220. The first kappa shape index (κ1) is 25.1. The van der Waals surface area contributed by atoms with Crippen molar-refractivity contribution in [3.05, 3.63) is 151 Å². The molecule has 1 heterocycles. The molecule has 7 rings (SSSR count). The summed E-state index contributed by atoms with van der Waals surface area (Å²) in [4.78, 5) is 14.9. The van der Waals surface area contributed by atoms with Gasteiger partial charge in [0.05, 0.1) is 11.6 Å². The van der Waals surface area contributed by atoms with Crippen LogP contribution in [-0.4, -0.2) is 15.0 Å². The lowest BCUT2D eigenvalue weighted by molar-refractivity contribution is 1.07. The Bertz CT molecular complexity index is 2000. The van der Waals surface area contributed by atoms with E-state index in [0.717, 1.165) is 49.7 Å². The molecule has 0 aliphatic carbocycles. The Kier molecular flexibility index (Phi) is 6.52. The van der Waals surface area contributed by atoms with Crippen LogP contribution in [-0.2, 0) is 0 Å². The molecule has 0 atom stereocenters. The predicted molar refractivity (Wildman–Crippen MR) is 169 cm³/mol. The Hall–Kier alpha value is -5.92. The first-order valence-corrected chi connectivity index (χ1v) is 13.8. The van der Waals surface area contributed by atoms with Crippen LogP contribution in [0.5, 0.6) is 0 Å². The molecule has 4 nitrogen and oxygen atoms in total. The lowest BCUT2D eigenvalue weighted by Crippen LogP contribution is -2.01. The summed E-state index contributed by atoms with van der Waals surface area (Å²) < 4.78 is 0. The molecule has 0 spiro atoms. The molecule has 0 bridgehead atoms. The summed E-state index contributed by atoms with van der Waals surface area (Å²) in [6.07, 6.45) is 0. The van der Waals surface area contributed by atoms with Crippen molar-refractivity contribution in [2.75, 3.05) is 0 Å². The standard InChI is InChI=1S/C38H24N4/c39-25-26-15-17-27(18-16-26)28-19-21-29(22-20-28)34-23-32-13-7-8-14-33(32)24-35(34)38-41-36(30-9-3-1-4-10-30)40-37(42-38)31-11-5-2-6-12-31/h1-24H. The fraction of sp³-hybridized carbons (Fsp3) is 0. The van der Waals surface area contributed by atoms with Crippen LogP contribution in [0, 0.1) is 11.3 Å². The van der Waals surface area contributed by atoms with Crippen LogP contribution in [0.3, 0.4) is 0 Å². The summed E-state index contributed by atoms with van der Waals surface area (Å²) in [5, 5.41) is 11.4. The smallest absolute Gasteiger partial charge is 0.164 e. The van der Waals surface area contributed by atoms with E-state index in [1.165, 1.54) is 0 Å². The first-order chi connectivity index (χ1) is 20.7. The predicted octanol–water partition coefficient (Wildman–Crippen LogP) is 9.23. The maximum Gasteiger partial charge on any atom is 0.164 e. The molecule has 7 aromatic rings. The van der Waals surface area contributed by atoms with E-state index >= 15 is 0 Å². The zero-order valence-electron chi connectivity index (χ0n) is 22.6. The van der Waals surface area contributed by atoms with E-state index < -0.39 is 0 Å². The van der Waals surface area contributed by atoms with Gasteiger partial charge in [-0.15, -0.1) is 0 Å². The average molecular weight is 537 g/mol. The first-order valence-electron chi connectivity index (χ1n) is 13.8. The highest BCUT2D eigenvalue weighted by molar-refractivity contribution is 5.95. The normalized spacial score (nSPS) is 10.8. The number of hydrogen-bond donors (Lipinski definition) is 0. The van der Waals surface area contributed by atoms with Crippen molar-refractivity contribution in [1.29, 1.82) is 5.26 Å². The van der Waals surface area contributed by atoms with Crippen molar-refractivity contribution in [3.8, 4) is 62.5 Å².